The first-order chi connectivity index (χ1) is 6.68. The smallest absolute Gasteiger partial charge is 0.207 e. The Labute approximate surface area is 80.1 Å². The quantitative estimate of drug-likeness (QED) is 0.791. The molecular formula is C8H12F2N4. The van der Waals surface area contributed by atoms with Crippen LogP contribution >= 0.6 is 0 Å². The molecule has 0 aromatic carbocycles. The Morgan fingerprint density at radius 3 is 2.93 bits per heavy atom. The van der Waals surface area contributed by atoms with Crippen molar-refractivity contribution in [3.63, 3.8) is 0 Å². The molecule has 0 spiro atoms. The van der Waals surface area contributed by atoms with Crippen LogP contribution in [0.15, 0.2) is 0 Å². The fraction of sp³-hybridized carbons (Fsp3) is 0.875. The third-order valence-corrected chi connectivity index (χ3v) is 2.73. The summed E-state index contributed by atoms with van der Waals surface area (Å²) < 4.78 is 26.7. The molecule has 2 rings (SSSR count). The number of rotatable bonds is 2. The highest BCUT2D eigenvalue weighted by molar-refractivity contribution is 4.89. The zero-order chi connectivity index (χ0) is 10.0. The Kier molecular flexibility index (Phi) is 2.43. The van der Waals surface area contributed by atoms with Crippen molar-refractivity contribution in [2.75, 3.05) is 0 Å². The molecule has 1 atom stereocenters. The summed E-state index contributed by atoms with van der Waals surface area (Å²) in [7, 11) is 0. The highest BCUT2D eigenvalue weighted by atomic mass is 19.3. The van der Waals surface area contributed by atoms with Crippen molar-refractivity contribution in [3.05, 3.63) is 5.82 Å². The maximum atomic E-state index is 13.4. The van der Waals surface area contributed by atoms with Crippen LogP contribution in [0.5, 0.6) is 0 Å². The van der Waals surface area contributed by atoms with Gasteiger partial charge in [0.25, 0.3) is 5.92 Å². The number of aromatic nitrogens is 4. The molecule has 1 N–H and O–H groups in total. The second-order valence-corrected chi connectivity index (χ2v) is 3.74. The van der Waals surface area contributed by atoms with Crippen LogP contribution in [0.2, 0.25) is 0 Å². The molecule has 1 aliphatic carbocycles. The molecule has 6 heteroatoms. The standard InChI is InChI=1S/C8H12F2N4/c9-8(10)4-2-1-3-6(8)5-7-11-13-14-12-7/h6H,1-5H2,(H,11,12,13,14). The molecule has 0 bridgehead atoms. The molecule has 0 saturated heterocycles. The topological polar surface area (TPSA) is 54.5 Å². The summed E-state index contributed by atoms with van der Waals surface area (Å²) in [5, 5.41) is 13.0. The van der Waals surface area contributed by atoms with Gasteiger partial charge in [0.2, 0.25) is 0 Å². The number of alkyl halides is 2. The molecule has 0 amide bonds. The van der Waals surface area contributed by atoms with Crippen molar-refractivity contribution in [3.8, 4) is 0 Å². The lowest BCUT2D eigenvalue weighted by Gasteiger charge is -2.30. The summed E-state index contributed by atoms with van der Waals surface area (Å²) in [4.78, 5) is 0. The molecule has 1 unspecified atom stereocenters. The second-order valence-electron chi connectivity index (χ2n) is 3.74. The van der Waals surface area contributed by atoms with Crippen molar-refractivity contribution in [2.45, 2.75) is 38.0 Å². The van der Waals surface area contributed by atoms with Gasteiger partial charge in [-0.15, -0.1) is 10.2 Å². The Morgan fingerprint density at radius 2 is 2.29 bits per heavy atom. The summed E-state index contributed by atoms with van der Waals surface area (Å²) in [6.07, 6.45) is 2.27. The van der Waals surface area contributed by atoms with E-state index in [1.54, 1.807) is 0 Å². The Hall–Kier alpha value is -1.07. The number of hydrogen-bond donors (Lipinski definition) is 1. The molecule has 4 nitrogen and oxygen atoms in total. The Balaban J connectivity index is 2.02. The molecule has 0 aliphatic heterocycles. The van der Waals surface area contributed by atoms with Crippen LogP contribution in [0.3, 0.4) is 0 Å². The number of H-pyrrole nitrogens is 1. The number of halogens is 2. The predicted molar refractivity (Wildman–Crippen MR) is 44.8 cm³/mol. The first-order valence-corrected chi connectivity index (χ1v) is 4.78. The van der Waals surface area contributed by atoms with Crippen LogP contribution in [0.1, 0.15) is 31.5 Å². The maximum Gasteiger partial charge on any atom is 0.251 e. The van der Waals surface area contributed by atoms with Crippen LogP contribution < -0.4 is 0 Å². The van der Waals surface area contributed by atoms with Crippen molar-refractivity contribution in [2.24, 2.45) is 5.92 Å². The van der Waals surface area contributed by atoms with Crippen LogP contribution in [-0.4, -0.2) is 26.5 Å². The number of hydrogen-bond acceptors (Lipinski definition) is 3. The lowest BCUT2D eigenvalue weighted by molar-refractivity contribution is -0.0857. The van der Waals surface area contributed by atoms with E-state index in [1.807, 2.05) is 0 Å². The Bertz CT molecular complexity index is 286. The largest absolute Gasteiger partial charge is 0.251 e. The molecule has 1 heterocycles. The lowest BCUT2D eigenvalue weighted by Crippen LogP contribution is -2.33. The van der Waals surface area contributed by atoms with Crippen molar-refractivity contribution < 1.29 is 8.78 Å². The zero-order valence-electron chi connectivity index (χ0n) is 7.71. The van der Waals surface area contributed by atoms with E-state index in [-0.39, 0.29) is 12.8 Å². The van der Waals surface area contributed by atoms with E-state index in [0.717, 1.165) is 6.42 Å². The third kappa shape index (κ3) is 1.88. The summed E-state index contributed by atoms with van der Waals surface area (Å²) in [6.45, 7) is 0. The normalized spacial score (nSPS) is 26.3. The number of nitrogens with one attached hydrogen (secondary N) is 1. The van der Waals surface area contributed by atoms with Gasteiger partial charge >= 0.3 is 0 Å². The number of tetrazole rings is 1. The van der Waals surface area contributed by atoms with Crippen molar-refractivity contribution in [1.29, 1.82) is 0 Å². The first kappa shape index (κ1) is 9.48. The van der Waals surface area contributed by atoms with Gasteiger partial charge in [-0.25, -0.2) is 8.78 Å². The highest BCUT2D eigenvalue weighted by Gasteiger charge is 2.41. The van der Waals surface area contributed by atoms with Gasteiger partial charge in [-0.05, 0) is 12.8 Å². The predicted octanol–water partition coefficient (Wildman–Crippen LogP) is 1.57. The molecule has 0 radical (unpaired) electrons. The van der Waals surface area contributed by atoms with Gasteiger partial charge in [0.05, 0.1) is 0 Å². The first-order valence-electron chi connectivity index (χ1n) is 4.78. The summed E-state index contributed by atoms with van der Waals surface area (Å²) in [6, 6.07) is 0. The molecule has 1 aromatic heterocycles. The maximum absolute atomic E-state index is 13.4. The van der Waals surface area contributed by atoms with Gasteiger partial charge in [0, 0.05) is 18.8 Å². The average molecular weight is 202 g/mol. The average Bonchev–Trinajstić information content (AvgIpc) is 2.61. The minimum absolute atomic E-state index is 0.00445. The minimum atomic E-state index is -2.56. The van der Waals surface area contributed by atoms with E-state index >= 15 is 0 Å². The van der Waals surface area contributed by atoms with E-state index < -0.39 is 11.8 Å². The van der Waals surface area contributed by atoms with E-state index in [0.29, 0.717) is 18.7 Å². The van der Waals surface area contributed by atoms with E-state index in [9.17, 15) is 8.78 Å². The van der Waals surface area contributed by atoms with E-state index in [4.69, 9.17) is 0 Å². The summed E-state index contributed by atoms with van der Waals surface area (Å²) in [5.41, 5.74) is 0. The minimum Gasteiger partial charge on any atom is -0.207 e. The molecule has 1 aromatic rings. The second kappa shape index (κ2) is 3.59. The van der Waals surface area contributed by atoms with E-state index in [2.05, 4.69) is 20.6 Å². The number of aromatic amines is 1. The molecule has 1 aliphatic rings. The molecule has 1 fully saturated rings. The monoisotopic (exact) mass is 202 g/mol. The molecule has 14 heavy (non-hydrogen) atoms. The lowest BCUT2D eigenvalue weighted by atomic mass is 9.83. The number of nitrogens with zero attached hydrogens (tertiary/aromatic N) is 3. The van der Waals surface area contributed by atoms with Crippen LogP contribution in [0, 0.1) is 5.92 Å². The highest BCUT2D eigenvalue weighted by Crippen LogP contribution is 2.39. The van der Waals surface area contributed by atoms with Gasteiger partial charge in [0.15, 0.2) is 5.82 Å². The van der Waals surface area contributed by atoms with Gasteiger partial charge in [0.1, 0.15) is 0 Å². The van der Waals surface area contributed by atoms with Crippen molar-refractivity contribution >= 4 is 0 Å². The van der Waals surface area contributed by atoms with Crippen LogP contribution in [0.25, 0.3) is 0 Å². The molecule has 1 saturated carbocycles. The van der Waals surface area contributed by atoms with Gasteiger partial charge in [-0.2, -0.15) is 5.21 Å². The fourth-order valence-electron chi connectivity index (χ4n) is 1.91. The van der Waals surface area contributed by atoms with Crippen molar-refractivity contribution in [1.82, 2.24) is 20.6 Å². The van der Waals surface area contributed by atoms with Crippen LogP contribution in [0.4, 0.5) is 8.78 Å². The van der Waals surface area contributed by atoms with E-state index in [1.165, 1.54) is 0 Å². The van der Waals surface area contributed by atoms with Gasteiger partial charge in [-0.1, -0.05) is 11.6 Å². The zero-order valence-corrected chi connectivity index (χ0v) is 7.71. The van der Waals surface area contributed by atoms with Gasteiger partial charge < -0.3 is 0 Å². The summed E-state index contributed by atoms with van der Waals surface area (Å²) >= 11 is 0. The van der Waals surface area contributed by atoms with Crippen LogP contribution in [-0.2, 0) is 6.42 Å². The molecular weight excluding hydrogens is 190 g/mol. The Morgan fingerprint density at radius 1 is 1.43 bits per heavy atom. The summed E-state index contributed by atoms with van der Waals surface area (Å²) in [5.74, 6) is -2.79. The SMILES string of the molecule is FC1(F)CCCCC1Cc1nn[nH]n1. The van der Waals surface area contributed by atoms with Gasteiger partial charge in [-0.3, -0.25) is 0 Å². The molecule has 78 valence electrons. The third-order valence-electron chi connectivity index (χ3n) is 2.73. The fourth-order valence-corrected chi connectivity index (χ4v) is 1.91.